The number of rotatable bonds is 6. The highest BCUT2D eigenvalue weighted by atomic mass is 15.1. The average molecular weight is 401 g/mol. The Labute approximate surface area is 178 Å². The van der Waals surface area contributed by atoms with E-state index in [2.05, 4.69) is 0 Å². The average Bonchev–Trinajstić information content (AvgIpc) is 2.80. The second kappa shape index (κ2) is 11.6. The molecule has 4 aliphatic rings. The van der Waals surface area contributed by atoms with E-state index in [0.717, 1.165) is 11.8 Å². The molecule has 29 heavy (non-hydrogen) atoms. The highest BCUT2D eigenvalue weighted by Crippen LogP contribution is 2.37. The van der Waals surface area contributed by atoms with Gasteiger partial charge in [0.05, 0.1) is 24.2 Å². The summed E-state index contributed by atoms with van der Waals surface area (Å²) in [6.45, 7) is 0. The van der Waals surface area contributed by atoms with Crippen molar-refractivity contribution in [2.45, 2.75) is 146 Å². The summed E-state index contributed by atoms with van der Waals surface area (Å²) < 4.78 is 0. The summed E-state index contributed by atoms with van der Waals surface area (Å²) in [5.41, 5.74) is 0. The van der Waals surface area contributed by atoms with E-state index in [-0.39, 0.29) is 0 Å². The molecule has 4 aliphatic carbocycles. The highest BCUT2D eigenvalue weighted by molar-refractivity contribution is 4.83. The Bertz CT molecular complexity index is 457. The zero-order valence-corrected chi connectivity index (χ0v) is 18.7. The van der Waals surface area contributed by atoms with Crippen molar-refractivity contribution >= 4 is 0 Å². The third-order valence-corrected chi connectivity index (χ3v) is 8.24. The summed E-state index contributed by atoms with van der Waals surface area (Å²) in [4.78, 5) is 0. The zero-order valence-electron chi connectivity index (χ0n) is 18.7. The molecule has 4 fully saturated rings. The van der Waals surface area contributed by atoms with E-state index in [1.807, 2.05) is 0 Å². The SMILES string of the molecule is C1CCC(N=NC2CCC(CC3CCC(N=NC4CCCCC4)CC3)CC2)CC1. The minimum atomic E-state index is 0.532. The molecule has 0 aromatic heterocycles. The molecule has 0 heterocycles. The minimum Gasteiger partial charge on any atom is -0.191 e. The van der Waals surface area contributed by atoms with Crippen LogP contribution in [0.4, 0.5) is 0 Å². The molecule has 0 aromatic carbocycles. The Morgan fingerprint density at radius 3 is 1.00 bits per heavy atom. The standard InChI is InChI=1S/C25H44N4/c1-3-7-22(8-4-1)26-28-24-15-11-20(12-16-24)19-21-13-17-25(18-14-21)29-27-23-9-5-2-6-10-23/h20-25H,1-19H2. The molecule has 0 atom stereocenters. The summed E-state index contributed by atoms with van der Waals surface area (Å²) in [5.74, 6) is 1.89. The van der Waals surface area contributed by atoms with Crippen LogP contribution in [0.15, 0.2) is 20.5 Å². The van der Waals surface area contributed by atoms with E-state index in [1.54, 1.807) is 0 Å². The molecule has 0 N–H and O–H groups in total. The number of azo groups is 2. The van der Waals surface area contributed by atoms with E-state index in [1.165, 1.54) is 122 Å². The predicted molar refractivity (Wildman–Crippen MR) is 120 cm³/mol. The summed E-state index contributed by atoms with van der Waals surface area (Å²) in [6, 6.07) is 2.16. The van der Waals surface area contributed by atoms with Gasteiger partial charge in [0.2, 0.25) is 0 Å². The quantitative estimate of drug-likeness (QED) is 0.405. The van der Waals surface area contributed by atoms with Gasteiger partial charge in [-0.25, -0.2) is 0 Å². The maximum atomic E-state index is 4.76. The van der Waals surface area contributed by atoms with Gasteiger partial charge in [0.15, 0.2) is 0 Å². The lowest BCUT2D eigenvalue weighted by atomic mass is 9.76. The number of hydrogen-bond donors (Lipinski definition) is 0. The van der Waals surface area contributed by atoms with E-state index >= 15 is 0 Å². The Kier molecular flexibility index (Phi) is 8.54. The van der Waals surface area contributed by atoms with Crippen molar-refractivity contribution in [3.05, 3.63) is 0 Å². The van der Waals surface area contributed by atoms with Crippen LogP contribution in [-0.4, -0.2) is 24.2 Å². The molecule has 4 saturated carbocycles. The van der Waals surface area contributed by atoms with Gasteiger partial charge in [-0.3, -0.25) is 0 Å². The van der Waals surface area contributed by atoms with Crippen LogP contribution in [0.3, 0.4) is 0 Å². The molecule has 4 heteroatoms. The monoisotopic (exact) mass is 400 g/mol. The number of nitrogens with zero attached hydrogens (tertiary/aromatic N) is 4. The summed E-state index contributed by atoms with van der Waals surface area (Å²) in [6.07, 6.45) is 25.5. The van der Waals surface area contributed by atoms with E-state index in [4.69, 9.17) is 20.5 Å². The largest absolute Gasteiger partial charge is 0.191 e. The third-order valence-electron chi connectivity index (χ3n) is 8.24. The first-order chi connectivity index (χ1) is 14.3. The Hall–Kier alpha value is -0.800. The fraction of sp³-hybridized carbons (Fsp3) is 1.00. The molecule has 0 aliphatic heterocycles. The molecular formula is C25H44N4. The predicted octanol–water partition coefficient (Wildman–Crippen LogP) is 8.06. The first-order valence-electron chi connectivity index (χ1n) is 13.1. The molecule has 0 amide bonds. The molecule has 0 radical (unpaired) electrons. The molecule has 0 spiro atoms. The third kappa shape index (κ3) is 7.14. The molecule has 164 valence electrons. The van der Waals surface area contributed by atoms with Crippen LogP contribution in [0, 0.1) is 11.8 Å². The van der Waals surface area contributed by atoms with E-state index < -0.39 is 0 Å². The first-order valence-corrected chi connectivity index (χ1v) is 13.1. The van der Waals surface area contributed by atoms with Crippen LogP contribution in [0.5, 0.6) is 0 Å². The summed E-state index contributed by atoms with van der Waals surface area (Å²) >= 11 is 0. The second-order valence-corrected chi connectivity index (χ2v) is 10.6. The molecule has 0 saturated heterocycles. The van der Waals surface area contributed by atoms with E-state index in [0.29, 0.717) is 24.2 Å². The summed E-state index contributed by atoms with van der Waals surface area (Å²) in [7, 11) is 0. The lowest BCUT2D eigenvalue weighted by Crippen LogP contribution is -2.23. The maximum absolute atomic E-state index is 4.76. The molecule has 0 aromatic rings. The van der Waals surface area contributed by atoms with Gasteiger partial charge in [-0.1, -0.05) is 38.5 Å². The molecule has 4 nitrogen and oxygen atoms in total. The lowest BCUT2D eigenvalue weighted by Gasteiger charge is -2.32. The molecule has 0 unspecified atom stereocenters. The molecule has 0 bridgehead atoms. The van der Waals surface area contributed by atoms with Gasteiger partial charge in [-0.05, 0) is 95.3 Å². The van der Waals surface area contributed by atoms with Gasteiger partial charge < -0.3 is 0 Å². The second-order valence-electron chi connectivity index (χ2n) is 10.6. The van der Waals surface area contributed by atoms with Crippen molar-refractivity contribution in [3.63, 3.8) is 0 Å². The minimum absolute atomic E-state index is 0.532. The van der Waals surface area contributed by atoms with Gasteiger partial charge in [-0.2, -0.15) is 20.5 Å². The van der Waals surface area contributed by atoms with Gasteiger partial charge in [0.1, 0.15) is 0 Å². The van der Waals surface area contributed by atoms with Crippen LogP contribution >= 0.6 is 0 Å². The van der Waals surface area contributed by atoms with Gasteiger partial charge >= 0.3 is 0 Å². The first kappa shape index (κ1) is 21.4. The van der Waals surface area contributed by atoms with Gasteiger partial charge in [0, 0.05) is 0 Å². The van der Waals surface area contributed by atoms with Crippen molar-refractivity contribution in [2.24, 2.45) is 32.3 Å². The van der Waals surface area contributed by atoms with Crippen molar-refractivity contribution in [1.82, 2.24) is 0 Å². The van der Waals surface area contributed by atoms with Crippen LogP contribution in [0.2, 0.25) is 0 Å². The Morgan fingerprint density at radius 1 is 0.345 bits per heavy atom. The Morgan fingerprint density at radius 2 is 0.655 bits per heavy atom. The van der Waals surface area contributed by atoms with Crippen LogP contribution in [-0.2, 0) is 0 Å². The van der Waals surface area contributed by atoms with Crippen molar-refractivity contribution in [1.29, 1.82) is 0 Å². The van der Waals surface area contributed by atoms with Gasteiger partial charge in [-0.15, -0.1) is 0 Å². The fourth-order valence-corrected chi connectivity index (χ4v) is 6.23. The van der Waals surface area contributed by atoms with Crippen molar-refractivity contribution < 1.29 is 0 Å². The van der Waals surface area contributed by atoms with Crippen molar-refractivity contribution in [2.75, 3.05) is 0 Å². The normalized spacial score (nSPS) is 36.1. The fourth-order valence-electron chi connectivity index (χ4n) is 6.23. The highest BCUT2D eigenvalue weighted by Gasteiger charge is 2.27. The molecular weight excluding hydrogens is 356 g/mol. The smallest absolute Gasteiger partial charge is 0.0708 e. The van der Waals surface area contributed by atoms with Crippen molar-refractivity contribution in [3.8, 4) is 0 Å². The van der Waals surface area contributed by atoms with Crippen LogP contribution in [0.25, 0.3) is 0 Å². The Balaban J connectivity index is 1.10. The molecule has 4 rings (SSSR count). The van der Waals surface area contributed by atoms with Crippen LogP contribution < -0.4 is 0 Å². The van der Waals surface area contributed by atoms with E-state index in [9.17, 15) is 0 Å². The van der Waals surface area contributed by atoms with Gasteiger partial charge in [0.25, 0.3) is 0 Å². The topological polar surface area (TPSA) is 49.4 Å². The zero-order chi connectivity index (χ0) is 19.7. The maximum Gasteiger partial charge on any atom is 0.0708 e. The number of hydrogen-bond acceptors (Lipinski definition) is 4. The van der Waals surface area contributed by atoms with Crippen LogP contribution in [0.1, 0.15) is 122 Å². The summed E-state index contributed by atoms with van der Waals surface area (Å²) in [5, 5.41) is 18.9. The lowest BCUT2D eigenvalue weighted by molar-refractivity contribution is 0.221.